The molecule has 4 atom stereocenters. The largest absolute Gasteiger partial charge is 0.334 e. The molecule has 38 heavy (non-hydrogen) atoms. The minimum atomic E-state index is 0.337. The maximum atomic E-state index is 2.54. The SMILES string of the molecule is C1=CC2C3=C(C=CCC3)N(c3ccc(-c4ccc(N5c6ccccc6C6C=CC=CC65)cc4)cc3)C2C=C1. The summed E-state index contributed by atoms with van der Waals surface area (Å²) < 4.78 is 0. The van der Waals surface area contributed by atoms with Gasteiger partial charge >= 0.3 is 0 Å². The lowest BCUT2D eigenvalue weighted by Crippen LogP contribution is -2.32. The number of anilines is 3. The molecule has 2 aliphatic heterocycles. The lowest BCUT2D eigenvalue weighted by atomic mass is 9.87. The highest BCUT2D eigenvalue weighted by Gasteiger charge is 2.39. The van der Waals surface area contributed by atoms with Crippen LogP contribution >= 0.6 is 0 Å². The van der Waals surface area contributed by atoms with Gasteiger partial charge in [0.2, 0.25) is 0 Å². The van der Waals surface area contributed by atoms with Gasteiger partial charge in [0.15, 0.2) is 0 Å². The fraction of sp³-hybridized carbons (Fsp3) is 0.167. The zero-order chi connectivity index (χ0) is 25.1. The first-order valence-corrected chi connectivity index (χ1v) is 13.8. The minimum absolute atomic E-state index is 0.337. The van der Waals surface area contributed by atoms with Crippen molar-refractivity contribution in [2.24, 2.45) is 5.92 Å². The molecule has 2 heterocycles. The maximum Gasteiger partial charge on any atom is 0.0629 e. The summed E-state index contributed by atoms with van der Waals surface area (Å²) in [5.74, 6) is 0.912. The number of allylic oxidation sites excluding steroid dienone is 6. The van der Waals surface area contributed by atoms with Crippen molar-refractivity contribution in [1.82, 2.24) is 0 Å². The summed E-state index contributed by atoms with van der Waals surface area (Å²) in [6.07, 6.45) is 25.2. The molecule has 0 amide bonds. The normalized spacial score (nSPS) is 26.0. The molecular formula is C36H30N2. The highest BCUT2D eigenvalue weighted by atomic mass is 15.2. The molecule has 0 aromatic heterocycles. The standard InChI is InChI=1S/C36H30N2/c1-5-13-33-29(9-1)30-10-2-6-14-34(30)37(33)27-21-17-25(18-22-27)26-19-23-28(24-20-26)38-35-15-7-3-11-31(35)32-12-4-8-16-36(32)38/h1-3,5-11,13-24,29,31,33,35H,4,12H2. The molecule has 2 nitrogen and oxygen atoms in total. The third-order valence-corrected chi connectivity index (χ3v) is 8.83. The van der Waals surface area contributed by atoms with Gasteiger partial charge in [0, 0.05) is 34.6 Å². The number of nitrogens with zero attached hydrogens (tertiary/aromatic N) is 2. The van der Waals surface area contributed by atoms with Gasteiger partial charge in [-0.25, -0.2) is 0 Å². The molecule has 4 unspecified atom stereocenters. The van der Waals surface area contributed by atoms with Crippen molar-refractivity contribution in [3.8, 4) is 11.1 Å². The summed E-state index contributed by atoms with van der Waals surface area (Å²) in [6, 6.07) is 27.8. The van der Waals surface area contributed by atoms with Crippen molar-refractivity contribution in [3.63, 3.8) is 0 Å². The van der Waals surface area contributed by atoms with Crippen molar-refractivity contribution in [3.05, 3.63) is 150 Å². The van der Waals surface area contributed by atoms with E-state index in [1.807, 2.05) is 0 Å². The van der Waals surface area contributed by atoms with Crippen LogP contribution < -0.4 is 9.80 Å². The average molecular weight is 491 g/mol. The van der Waals surface area contributed by atoms with Crippen LogP contribution in [-0.2, 0) is 0 Å². The average Bonchev–Trinajstić information content (AvgIpc) is 3.51. The number of hydrogen-bond acceptors (Lipinski definition) is 2. The van der Waals surface area contributed by atoms with Crippen LogP contribution in [0.2, 0.25) is 0 Å². The predicted octanol–water partition coefficient (Wildman–Crippen LogP) is 8.62. The zero-order valence-corrected chi connectivity index (χ0v) is 21.3. The van der Waals surface area contributed by atoms with Gasteiger partial charge in [-0.05, 0) is 71.5 Å². The molecular weight excluding hydrogens is 460 g/mol. The smallest absolute Gasteiger partial charge is 0.0629 e. The van der Waals surface area contributed by atoms with Crippen LogP contribution in [0.5, 0.6) is 0 Å². The Balaban J connectivity index is 1.09. The first-order valence-electron chi connectivity index (χ1n) is 13.8. The topological polar surface area (TPSA) is 6.48 Å². The Labute approximate surface area is 224 Å². The summed E-state index contributed by atoms with van der Waals surface area (Å²) in [5, 5.41) is 0. The van der Waals surface area contributed by atoms with Crippen molar-refractivity contribution < 1.29 is 0 Å². The van der Waals surface area contributed by atoms with Crippen molar-refractivity contribution in [1.29, 1.82) is 0 Å². The third-order valence-electron chi connectivity index (χ3n) is 8.83. The van der Waals surface area contributed by atoms with Gasteiger partial charge in [-0.1, -0.05) is 97.1 Å². The van der Waals surface area contributed by atoms with E-state index in [1.165, 1.54) is 45.9 Å². The molecule has 3 aromatic rings. The van der Waals surface area contributed by atoms with Gasteiger partial charge in [0.1, 0.15) is 0 Å². The van der Waals surface area contributed by atoms with Gasteiger partial charge in [-0.2, -0.15) is 0 Å². The number of benzene rings is 3. The van der Waals surface area contributed by atoms with Gasteiger partial charge in [0.25, 0.3) is 0 Å². The molecule has 0 radical (unpaired) electrons. The minimum Gasteiger partial charge on any atom is -0.334 e. The lowest BCUT2D eigenvalue weighted by Gasteiger charge is -2.30. The van der Waals surface area contributed by atoms with Crippen LogP contribution in [0.1, 0.15) is 24.3 Å². The molecule has 0 spiro atoms. The van der Waals surface area contributed by atoms with E-state index in [1.54, 1.807) is 5.57 Å². The first-order chi connectivity index (χ1) is 18.9. The predicted molar refractivity (Wildman–Crippen MR) is 159 cm³/mol. The molecule has 184 valence electrons. The van der Waals surface area contributed by atoms with Crippen molar-refractivity contribution >= 4 is 17.1 Å². The van der Waals surface area contributed by atoms with Gasteiger partial charge in [0.05, 0.1) is 12.1 Å². The molecule has 2 heteroatoms. The number of para-hydroxylation sites is 1. The van der Waals surface area contributed by atoms with E-state index in [4.69, 9.17) is 0 Å². The first kappa shape index (κ1) is 21.8. The lowest BCUT2D eigenvalue weighted by molar-refractivity contribution is 0.658. The Hall–Kier alpha value is -4.30. The molecule has 0 fully saturated rings. The second-order valence-corrected chi connectivity index (χ2v) is 10.8. The van der Waals surface area contributed by atoms with E-state index in [2.05, 4.69) is 143 Å². The monoisotopic (exact) mass is 490 g/mol. The van der Waals surface area contributed by atoms with Crippen molar-refractivity contribution in [2.45, 2.75) is 30.8 Å². The van der Waals surface area contributed by atoms with Crippen LogP contribution in [0.15, 0.2) is 145 Å². The third kappa shape index (κ3) is 3.26. The van der Waals surface area contributed by atoms with E-state index in [9.17, 15) is 0 Å². The van der Waals surface area contributed by atoms with E-state index < -0.39 is 0 Å². The van der Waals surface area contributed by atoms with E-state index in [-0.39, 0.29) is 0 Å². The molecule has 3 aliphatic carbocycles. The highest BCUT2D eigenvalue weighted by molar-refractivity contribution is 5.77. The van der Waals surface area contributed by atoms with Crippen molar-refractivity contribution in [2.75, 3.05) is 9.80 Å². The Morgan fingerprint density at radius 2 is 1.18 bits per heavy atom. The van der Waals surface area contributed by atoms with E-state index >= 15 is 0 Å². The summed E-state index contributed by atoms with van der Waals surface area (Å²) >= 11 is 0. The summed E-state index contributed by atoms with van der Waals surface area (Å²) in [4.78, 5) is 5.03. The second-order valence-electron chi connectivity index (χ2n) is 10.8. The molecule has 0 saturated heterocycles. The number of fused-ring (bicyclic) bond motifs is 5. The van der Waals surface area contributed by atoms with Crippen LogP contribution in [0, 0.1) is 5.92 Å². The van der Waals surface area contributed by atoms with Crippen LogP contribution in [0.25, 0.3) is 11.1 Å². The summed E-state index contributed by atoms with van der Waals surface area (Å²) in [6.45, 7) is 0. The fourth-order valence-corrected chi connectivity index (χ4v) is 7.10. The number of hydrogen-bond donors (Lipinski definition) is 0. The van der Waals surface area contributed by atoms with Gasteiger partial charge in [-0.15, -0.1) is 0 Å². The molecule has 5 aliphatic rings. The fourth-order valence-electron chi connectivity index (χ4n) is 7.10. The Morgan fingerprint density at radius 3 is 1.92 bits per heavy atom. The summed E-state index contributed by atoms with van der Waals surface area (Å²) in [7, 11) is 0. The van der Waals surface area contributed by atoms with Gasteiger partial charge < -0.3 is 9.80 Å². The summed E-state index contributed by atoms with van der Waals surface area (Å²) in [5.41, 5.74) is 10.7. The Bertz CT molecular complexity index is 1580. The molecule has 8 rings (SSSR count). The maximum absolute atomic E-state index is 2.54. The van der Waals surface area contributed by atoms with Crippen LogP contribution in [-0.4, -0.2) is 12.1 Å². The highest BCUT2D eigenvalue weighted by Crippen LogP contribution is 2.48. The van der Waals surface area contributed by atoms with E-state index in [0.717, 1.165) is 6.42 Å². The molecule has 3 aromatic carbocycles. The van der Waals surface area contributed by atoms with Crippen LogP contribution in [0.4, 0.5) is 17.1 Å². The zero-order valence-electron chi connectivity index (χ0n) is 21.3. The Kier molecular flexibility index (Phi) is 4.94. The molecule has 0 N–H and O–H groups in total. The Morgan fingerprint density at radius 1 is 0.579 bits per heavy atom. The van der Waals surface area contributed by atoms with Crippen LogP contribution in [0.3, 0.4) is 0 Å². The second kappa shape index (κ2) is 8.63. The van der Waals surface area contributed by atoms with Gasteiger partial charge in [-0.3, -0.25) is 0 Å². The van der Waals surface area contributed by atoms with E-state index in [0.29, 0.717) is 23.9 Å². The molecule has 0 saturated carbocycles. The quantitative estimate of drug-likeness (QED) is 0.363. The molecule has 0 bridgehead atoms. The number of rotatable bonds is 3.